The van der Waals surface area contributed by atoms with Crippen LogP contribution in [0.2, 0.25) is 0 Å². The molecule has 0 aromatic carbocycles. The Bertz CT molecular complexity index is 537. The predicted molar refractivity (Wildman–Crippen MR) is 95.2 cm³/mol. The molecular formula is C17H29N5O2. The van der Waals surface area contributed by atoms with Gasteiger partial charge in [0.15, 0.2) is 0 Å². The quantitative estimate of drug-likeness (QED) is 0.701. The first-order chi connectivity index (χ1) is 11.5. The highest BCUT2D eigenvalue weighted by molar-refractivity contribution is 5.76. The smallest absolute Gasteiger partial charge is 0.227 e. The van der Waals surface area contributed by atoms with Crippen molar-refractivity contribution in [1.82, 2.24) is 15.3 Å². The van der Waals surface area contributed by atoms with E-state index in [4.69, 9.17) is 4.74 Å². The van der Waals surface area contributed by atoms with Crippen LogP contribution in [0.5, 0.6) is 0 Å². The van der Waals surface area contributed by atoms with E-state index in [0.29, 0.717) is 37.4 Å². The van der Waals surface area contributed by atoms with Crippen LogP contribution in [0.3, 0.4) is 0 Å². The summed E-state index contributed by atoms with van der Waals surface area (Å²) in [5.41, 5.74) is 0. The maximum absolute atomic E-state index is 12.1. The van der Waals surface area contributed by atoms with E-state index in [1.54, 1.807) is 6.20 Å². The normalized spacial score (nSPS) is 20.5. The minimum Gasteiger partial charge on any atom is -0.381 e. The highest BCUT2D eigenvalue weighted by Crippen LogP contribution is 2.27. The average molecular weight is 335 g/mol. The SMILES string of the molecule is CCOCCC(=O)N[C@@H]1CN(c2nccc(NC)n2)C[C@H]1C(C)C. The van der Waals surface area contributed by atoms with Gasteiger partial charge in [0, 0.05) is 45.3 Å². The second-order valence-electron chi connectivity index (χ2n) is 6.43. The number of aromatic nitrogens is 2. The molecule has 1 aromatic heterocycles. The molecule has 0 bridgehead atoms. The molecular weight excluding hydrogens is 306 g/mol. The number of hydrogen-bond acceptors (Lipinski definition) is 6. The molecule has 1 fully saturated rings. The van der Waals surface area contributed by atoms with Gasteiger partial charge in [-0.3, -0.25) is 4.79 Å². The Morgan fingerprint density at radius 2 is 2.25 bits per heavy atom. The first kappa shape index (κ1) is 18.4. The molecule has 0 aliphatic carbocycles. The maximum Gasteiger partial charge on any atom is 0.227 e. The van der Waals surface area contributed by atoms with Gasteiger partial charge in [0.05, 0.1) is 12.6 Å². The van der Waals surface area contributed by atoms with Crippen molar-refractivity contribution in [3.63, 3.8) is 0 Å². The van der Waals surface area contributed by atoms with Gasteiger partial charge in [-0.25, -0.2) is 4.98 Å². The highest BCUT2D eigenvalue weighted by Gasteiger charge is 2.36. The van der Waals surface area contributed by atoms with Gasteiger partial charge < -0.3 is 20.3 Å². The van der Waals surface area contributed by atoms with E-state index in [0.717, 1.165) is 18.9 Å². The topological polar surface area (TPSA) is 79.4 Å². The van der Waals surface area contributed by atoms with Crippen LogP contribution >= 0.6 is 0 Å². The largest absolute Gasteiger partial charge is 0.381 e. The van der Waals surface area contributed by atoms with Crippen molar-refractivity contribution in [2.75, 3.05) is 43.6 Å². The predicted octanol–water partition coefficient (Wildman–Crippen LogP) is 1.52. The van der Waals surface area contributed by atoms with Crippen molar-refractivity contribution in [2.24, 2.45) is 11.8 Å². The van der Waals surface area contributed by atoms with E-state index in [2.05, 4.69) is 39.3 Å². The molecule has 134 valence electrons. The summed E-state index contributed by atoms with van der Waals surface area (Å²) in [4.78, 5) is 23.2. The van der Waals surface area contributed by atoms with E-state index in [1.165, 1.54) is 0 Å². The van der Waals surface area contributed by atoms with Crippen molar-refractivity contribution in [3.05, 3.63) is 12.3 Å². The summed E-state index contributed by atoms with van der Waals surface area (Å²) in [6, 6.07) is 1.95. The Hall–Kier alpha value is -1.89. The Morgan fingerprint density at radius 1 is 1.46 bits per heavy atom. The Kier molecular flexibility index (Phi) is 6.78. The number of amides is 1. The fraction of sp³-hybridized carbons (Fsp3) is 0.706. The number of hydrogen-bond donors (Lipinski definition) is 2. The van der Waals surface area contributed by atoms with Crippen molar-refractivity contribution in [2.45, 2.75) is 33.2 Å². The van der Waals surface area contributed by atoms with Gasteiger partial charge in [-0.15, -0.1) is 0 Å². The van der Waals surface area contributed by atoms with Crippen molar-refractivity contribution < 1.29 is 9.53 Å². The highest BCUT2D eigenvalue weighted by atomic mass is 16.5. The molecule has 2 heterocycles. The first-order valence-electron chi connectivity index (χ1n) is 8.68. The Labute approximate surface area is 144 Å². The summed E-state index contributed by atoms with van der Waals surface area (Å²) < 4.78 is 5.26. The molecule has 24 heavy (non-hydrogen) atoms. The number of nitrogens with zero attached hydrogens (tertiary/aromatic N) is 3. The third kappa shape index (κ3) is 4.80. The van der Waals surface area contributed by atoms with Crippen LogP contribution in [-0.4, -0.2) is 55.3 Å². The molecule has 0 saturated carbocycles. The van der Waals surface area contributed by atoms with E-state index in [-0.39, 0.29) is 11.9 Å². The molecule has 1 aliphatic heterocycles. The Balaban J connectivity index is 2.01. The lowest BCUT2D eigenvalue weighted by Crippen LogP contribution is -2.42. The van der Waals surface area contributed by atoms with E-state index < -0.39 is 0 Å². The van der Waals surface area contributed by atoms with Gasteiger partial charge in [0.2, 0.25) is 11.9 Å². The van der Waals surface area contributed by atoms with Gasteiger partial charge >= 0.3 is 0 Å². The van der Waals surface area contributed by atoms with Crippen LogP contribution in [0.25, 0.3) is 0 Å². The number of nitrogens with one attached hydrogen (secondary N) is 2. The van der Waals surface area contributed by atoms with Crippen LogP contribution in [0.15, 0.2) is 12.3 Å². The summed E-state index contributed by atoms with van der Waals surface area (Å²) in [5.74, 6) is 2.40. The lowest BCUT2D eigenvalue weighted by atomic mass is 9.91. The van der Waals surface area contributed by atoms with Crippen LogP contribution in [0.4, 0.5) is 11.8 Å². The van der Waals surface area contributed by atoms with E-state index in [9.17, 15) is 4.79 Å². The molecule has 1 aliphatic rings. The minimum atomic E-state index is 0.0471. The molecule has 2 atom stereocenters. The summed E-state index contributed by atoms with van der Waals surface area (Å²) in [6.45, 7) is 9.01. The molecule has 0 radical (unpaired) electrons. The monoisotopic (exact) mass is 335 g/mol. The maximum atomic E-state index is 12.1. The van der Waals surface area contributed by atoms with Gasteiger partial charge in [0.25, 0.3) is 0 Å². The Morgan fingerprint density at radius 3 is 2.92 bits per heavy atom. The minimum absolute atomic E-state index is 0.0471. The van der Waals surface area contributed by atoms with Gasteiger partial charge in [-0.2, -0.15) is 4.98 Å². The van der Waals surface area contributed by atoms with Crippen LogP contribution in [-0.2, 0) is 9.53 Å². The molecule has 1 aromatic rings. The molecule has 2 rings (SSSR count). The number of anilines is 2. The lowest BCUT2D eigenvalue weighted by Gasteiger charge is -2.22. The third-order valence-electron chi connectivity index (χ3n) is 4.43. The molecule has 7 nitrogen and oxygen atoms in total. The zero-order valence-electron chi connectivity index (χ0n) is 15.1. The molecule has 0 unspecified atom stereocenters. The number of ether oxygens (including phenoxy) is 1. The first-order valence-corrected chi connectivity index (χ1v) is 8.68. The molecule has 1 saturated heterocycles. The summed E-state index contributed by atoms with van der Waals surface area (Å²) in [7, 11) is 1.84. The number of rotatable bonds is 8. The van der Waals surface area contributed by atoms with E-state index >= 15 is 0 Å². The van der Waals surface area contributed by atoms with Crippen LogP contribution in [0.1, 0.15) is 27.2 Å². The molecule has 2 N–H and O–H groups in total. The average Bonchev–Trinajstić information content (AvgIpc) is 2.99. The van der Waals surface area contributed by atoms with Crippen LogP contribution in [0, 0.1) is 11.8 Å². The van der Waals surface area contributed by atoms with E-state index in [1.807, 2.05) is 20.0 Å². The zero-order valence-corrected chi connectivity index (χ0v) is 15.1. The van der Waals surface area contributed by atoms with Gasteiger partial charge in [-0.05, 0) is 18.9 Å². The molecule has 1 amide bonds. The number of carbonyl (C=O) groups excluding carboxylic acids is 1. The molecule has 7 heteroatoms. The second-order valence-corrected chi connectivity index (χ2v) is 6.43. The van der Waals surface area contributed by atoms with Crippen molar-refractivity contribution >= 4 is 17.7 Å². The van der Waals surface area contributed by atoms with Gasteiger partial charge in [0.1, 0.15) is 5.82 Å². The fourth-order valence-electron chi connectivity index (χ4n) is 3.05. The second kappa shape index (κ2) is 8.82. The lowest BCUT2D eigenvalue weighted by molar-refractivity contribution is -0.123. The summed E-state index contributed by atoms with van der Waals surface area (Å²) in [6.07, 6.45) is 2.16. The fourth-order valence-corrected chi connectivity index (χ4v) is 3.05. The number of carbonyl (C=O) groups is 1. The third-order valence-corrected chi connectivity index (χ3v) is 4.43. The summed E-state index contributed by atoms with van der Waals surface area (Å²) in [5, 5.41) is 6.20. The standard InChI is InChI=1S/C17H29N5O2/c1-5-24-9-7-16(23)20-14-11-22(10-13(14)12(2)3)17-19-8-6-15(18-4)21-17/h6,8,12-14H,5,7,9-11H2,1-4H3,(H,20,23)(H,18,19,21)/t13-,14+/m0/s1. The van der Waals surface area contributed by atoms with Crippen molar-refractivity contribution in [3.8, 4) is 0 Å². The summed E-state index contributed by atoms with van der Waals surface area (Å²) >= 11 is 0. The van der Waals surface area contributed by atoms with Gasteiger partial charge in [-0.1, -0.05) is 13.8 Å². The van der Waals surface area contributed by atoms with Crippen molar-refractivity contribution in [1.29, 1.82) is 0 Å². The van der Waals surface area contributed by atoms with Crippen LogP contribution < -0.4 is 15.5 Å². The zero-order chi connectivity index (χ0) is 17.5. The molecule has 0 spiro atoms.